The number of hydrogen-bond donors (Lipinski definition) is 8. The Kier molecular flexibility index (Phi) is 10.8. The Labute approximate surface area is 307 Å². The van der Waals surface area contributed by atoms with Gasteiger partial charge in [-0.3, -0.25) is 4.55 Å². The summed E-state index contributed by atoms with van der Waals surface area (Å²) in [5, 5.41) is 66.1. The average molecular weight is 783 g/mol. The van der Waals surface area contributed by atoms with Crippen molar-refractivity contribution in [3.05, 3.63) is 78.6 Å². The highest BCUT2D eigenvalue weighted by molar-refractivity contribution is 7.95. The summed E-state index contributed by atoms with van der Waals surface area (Å²) in [6.07, 6.45) is 0. The summed E-state index contributed by atoms with van der Waals surface area (Å²) >= 11 is 1.01. The lowest BCUT2D eigenvalue weighted by Crippen LogP contribution is -2.06. The predicted octanol–water partition coefficient (Wildman–Crippen LogP) is 8.57. The van der Waals surface area contributed by atoms with Crippen LogP contribution in [0.25, 0.3) is 21.5 Å². The highest BCUT2D eigenvalue weighted by atomic mass is 32.2. The monoisotopic (exact) mass is 782 g/mol. The van der Waals surface area contributed by atoms with Crippen LogP contribution in [0.2, 0.25) is 1.41 Å². The third kappa shape index (κ3) is 8.23. The summed E-state index contributed by atoms with van der Waals surface area (Å²) in [7, 11) is -4.83. The quantitative estimate of drug-likeness (QED) is 0.0169. The van der Waals surface area contributed by atoms with Gasteiger partial charge in [-0.05, 0) is 54.1 Å². The summed E-state index contributed by atoms with van der Waals surface area (Å²) in [6.45, 7) is 1.58. The van der Waals surface area contributed by atoms with Gasteiger partial charge in [0.15, 0.2) is 11.5 Å². The molecule has 0 radical (unpaired) electrons. The number of aromatic nitrogens is 3. The first-order valence-electron chi connectivity index (χ1n) is 14.9. The Hall–Kier alpha value is -5.60. The fourth-order valence-corrected chi connectivity index (χ4v) is 6.65. The average Bonchev–Trinajstić information content (AvgIpc) is 3.13. The van der Waals surface area contributed by atoms with E-state index in [1.165, 1.54) is 12.1 Å². The Morgan fingerprint density at radius 3 is 2.21 bits per heavy atom. The van der Waals surface area contributed by atoms with E-state index in [0.29, 0.717) is 45.9 Å². The molecule has 0 amide bonds. The van der Waals surface area contributed by atoms with Crippen LogP contribution in [0.15, 0.2) is 103 Å². The van der Waals surface area contributed by atoms with Crippen molar-refractivity contribution >= 4 is 96.1 Å². The zero-order chi connectivity index (χ0) is 38.4. The number of azo groups is 1. The van der Waals surface area contributed by atoms with Crippen molar-refractivity contribution in [3.8, 4) is 11.5 Å². The molecule has 53 heavy (non-hydrogen) atoms. The highest BCUT2D eigenvalue weighted by Gasteiger charge is 2.20. The van der Waals surface area contributed by atoms with E-state index in [1.807, 2.05) is 0 Å². The molecule has 0 saturated heterocycles. The van der Waals surface area contributed by atoms with Crippen LogP contribution in [-0.4, -0.2) is 48.7 Å². The second-order valence-electron chi connectivity index (χ2n) is 10.5. The molecule has 0 atom stereocenters. The second-order valence-corrected chi connectivity index (χ2v) is 13.3. The molecular weight excluding hydrogens is 759 g/mol. The maximum absolute atomic E-state index is 12.3. The van der Waals surface area contributed by atoms with Gasteiger partial charge in [-0.2, -0.15) is 28.5 Å². The van der Waals surface area contributed by atoms with Crippen LogP contribution in [0, 0.1) is 12.4 Å². The maximum Gasteiger partial charge on any atom is 0.296 e. The number of rotatable bonds is 14. The van der Waals surface area contributed by atoms with Crippen LogP contribution in [0.5, 0.6) is 11.5 Å². The van der Waals surface area contributed by atoms with E-state index in [1.54, 1.807) is 61.5 Å². The van der Waals surface area contributed by atoms with E-state index in [2.05, 4.69) is 65.2 Å². The number of fused-ring (bicyclic) bond motifs is 2. The van der Waals surface area contributed by atoms with Crippen molar-refractivity contribution in [2.24, 2.45) is 15.3 Å². The predicted molar refractivity (Wildman–Crippen MR) is 189 cm³/mol. The Morgan fingerprint density at radius 1 is 0.811 bits per heavy atom. The summed E-state index contributed by atoms with van der Waals surface area (Å²) < 4.78 is 50.7. The zero-order valence-corrected chi connectivity index (χ0v) is 28.9. The van der Waals surface area contributed by atoms with Crippen LogP contribution >= 0.6 is 24.1 Å². The minimum absolute atomic E-state index is 0.0105. The lowest BCUT2D eigenvalue weighted by atomic mass is 10.1. The molecule has 0 saturated carbocycles. The minimum atomic E-state index is -4.83. The molecule has 5 aromatic carbocycles. The molecule has 0 aliphatic carbocycles. The number of nitrogens with zero attached hydrogens (tertiary/aromatic N) is 6. The Bertz CT molecular complexity index is 2550. The molecule has 272 valence electrons. The standard InChI is InChI=1S/C30H23N9O11S3/c1-14-32-29(36-30(33-14)35-19-8-4-6-16-12-21(51-49-47-42)25(37-31)28(41)24(16)19)34-17-9-10-23(53(44,45)46)20(13-17)38-39-26-22(52-50-48-43)11-15-5-2-3-7-18(15)27(26)40/h2-13,31,40-43H,1H3,(H,44,45,46)(H2,32,33,34,35,36)/i/hD. The number of aryl methyl sites for hydroxylation is 1. The first-order valence-corrected chi connectivity index (χ1v) is 17.4. The van der Waals surface area contributed by atoms with Gasteiger partial charge in [-0.1, -0.05) is 46.5 Å². The van der Waals surface area contributed by atoms with Gasteiger partial charge in [0.05, 0.1) is 39.6 Å². The van der Waals surface area contributed by atoms with E-state index in [0.717, 1.165) is 6.07 Å². The number of benzene rings is 5. The number of phenolic OH excluding ortho intramolecular Hbond substituents is 2. The van der Waals surface area contributed by atoms with Crippen LogP contribution in [0.3, 0.4) is 0 Å². The Balaban J connectivity index is 1.35. The molecule has 1 heterocycles. The van der Waals surface area contributed by atoms with E-state index in [-0.39, 0.29) is 61.4 Å². The van der Waals surface area contributed by atoms with E-state index in [4.69, 9.17) is 11.9 Å². The molecule has 0 fully saturated rings. The number of phenols is 2. The number of aromatic hydroxyl groups is 2. The van der Waals surface area contributed by atoms with Crippen LogP contribution < -0.4 is 10.6 Å². The molecule has 0 bridgehead atoms. The van der Waals surface area contributed by atoms with Crippen molar-refractivity contribution in [1.29, 1.82) is 5.52 Å². The third-order valence-electron chi connectivity index (χ3n) is 7.19. The fraction of sp³-hybridized carbons (Fsp3) is 0.0333. The highest BCUT2D eigenvalue weighted by Crippen LogP contribution is 2.47. The number of anilines is 4. The van der Waals surface area contributed by atoms with Crippen molar-refractivity contribution in [3.63, 3.8) is 0 Å². The zero-order valence-electron chi connectivity index (χ0n) is 27.5. The topological polar surface area (TPSA) is 296 Å². The normalized spacial score (nSPS) is 12.3. The molecule has 20 nitrogen and oxygen atoms in total. The molecule has 0 spiro atoms. The van der Waals surface area contributed by atoms with E-state index in [9.17, 15) is 23.2 Å². The molecule has 0 aliphatic rings. The molecule has 8 N–H and O–H groups in total. The molecule has 6 rings (SSSR count). The first-order chi connectivity index (χ1) is 26.0. The number of nitrogens with one attached hydrogen (secondary N) is 3. The summed E-state index contributed by atoms with van der Waals surface area (Å²) in [5.74, 6) is -0.505. The summed E-state index contributed by atoms with van der Waals surface area (Å²) in [6, 6.07) is 18.4. The van der Waals surface area contributed by atoms with Gasteiger partial charge in [-0.15, -0.1) is 18.9 Å². The van der Waals surface area contributed by atoms with Crippen molar-refractivity contribution in [1.82, 2.24) is 15.0 Å². The van der Waals surface area contributed by atoms with E-state index < -0.39 is 20.8 Å². The van der Waals surface area contributed by atoms with Gasteiger partial charge in [0.2, 0.25) is 13.3 Å². The maximum atomic E-state index is 12.3. The lowest BCUT2D eigenvalue weighted by Gasteiger charge is -2.14. The summed E-state index contributed by atoms with van der Waals surface area (Å²) in [5.41, 5.74) is 2.82. The Morgan fingerprint density at radius 2 is 1.49 bits per heavy atom. The minimum Gasteiger partial charge on any atom is -0.505 e. The van der Waals surface area contributed by atoms with Crippen LogP contribution in [0.4, 0.5) is 40.3 Å². The first kappa shape index (κ1) is 35.8. The van der Waals surface area contributed by atoms with Gasteiger partial charge >= 0.3 is 0 Å². The van der Waals surface area contributed by atoms with Gasteiger partial charge in [0.25, 0.3) is 10.1 Å². The van der Waals surface area contributed by atoms with Gasteiger partial charge in [0, 0.05) is 16.5 Å². The van der Waals surface area contributed by atoms with Gasteiger partial charge < -0.3 is 20.8 Å². The largest absolute Gasteiger partial charge is 0.505 e. The second kappa shape index (κ2) is 16.0. The fourth-order valence-electron chi connectivity index (χ4n) is 5.06. The van der Waals surface area contributed by atoms with Crippen molar-refractivity contribution in [2.75, 3.05) is 10.6 Å². The third-order valence-corrected chi connectivity index (χ3v) is 9.33. The molecule has 1 aromatic heterocycles. The molecule has 23 heteroatoms. The van der Waals surface area contributed by atoms with Crippen LogP contribution in [-0.2, 0) is 28.9 Å². The van der Waals surface area contributed by atoms with E-state index >= 15 is 0 Å². The van der Waals surface area contributed by atoms with Gasteiger partial charge in [-0.25, -0.2) is 16.0 Å². The van der Waals surface area contributed by atoms with Crippen LogP contribution in [0.1, 0.15) is 5.82 Å². The lowest BCUT2D eigenvalue weighted by molar-refractivity contribution is -0.432. The molecular formula is C30H23N9O11S3. The SMILES string of the molecule is [2H]N=Nc1c(SOOO)cc2cccc(Nc3nc(C)nc(Nc4ccc(S(=O)(=O)O)c(N=Nc5c(SOOO)cc6ccccc6c5O)c4)n3)c2c1O. The molecule has 6 aromatic rings. The van der Waals surface area contributed by atoms with Crippen molar-refractivity contribution in [2.45, 2.75) is 21.6 Å². The van der Waals surface area contributed by atoms with Crippen molar-refractivity contribution < 1.29 is 53.9 Å². The molecule has 0 unspecified atom stereocenters. The molecule has 0 aliphatic heterocycles. The van der Waals surface area contributed by atoms with Gasteiger partial charge in [0.1, 0.15) is 27.8 Å². The number of hydrogen-bond acceptors (Lipinski definition) is 21. The summed E-state index contributed by atoms with van der Waals surface area (Å²) in [4.78, 5) is 12.7. The smallest absolute Gasteiger partial charge is 0.296 e.